The van der Waals surface area contributed by atoms with Gasteiger partial charge < -0.3 is 0 Å². The predicted octanol–water partition coefficient (Wildman–Crippen LogP) is 3.96. The Morgan fingerprint density at radius 3 is 2.64 bits per heavy atom. The molecule has 14 heavy (non-hydrogen) atoms. The van der Waals surface area contributed by atoms with Crippen LogP contribution >= 0.6 is 0 Å². The third-order valence-corrected chi connectivity index (χ3v) is 3.86. The third kappa shape index (κ3) is 2.00. The lowest BCUT2D eigenvalue weighted by Gasteiger charge is -2.35. The zero-order valence-corrected chi connectivity index (χ0v) is 8.89. The van der Waals surface area contributed by atoms with E-state index in [0.29, 0.717) is 0 Å². The summed E-state index contributed by atoms with van der Waals surface area (Å²) < 4.78 is 0. The summed E-state index contributed by atoms with van der Waals surface area (Å²) in [7, 11) is 0. The summed E-state index contributed by atoms with van der Waals surface area (Å²) in [5.74, 6) is 0. The molecule has 1 fully saturated rings. The first-order valence-electron chi connectivity index (χ1n) is 5.94. The normalized spacial score (nSPS) is 24.6. The largest absolute Gasteiger partial charge is 0.198 e. The Balaban J connectivity index is 1.81. The standard InChI is InChI=1S/C13H19N/c14-11-13(8-4-9-13)10-7-12-5-2-1-3-6-12/h5H,1-4,6-10H2. The molecule has 1 heteroatoms. The Hall–Kier alpha value is -0.770. The molecule has 0 aromatic rings. The average Bonchev–Trinajstić information content (AvgIpc) is 2.19. The van der Waals surface area contributed by atoms with E-state index < -0.39 is 0 Å². The highest BCUT2D eigenvalue weighted by atomic mass is 14.4. The lowest BCUT2D eigenvalue weighted by atomic mass is 9.66. The Labute approximate surface area is 86.8 Å². The molecular formula is C13H19N. The Morgan fingerprint density at radius 2 is 2.14 bits per heavy atom. The molecule has 2 rings (SSSR count). The van der Waals surface area contributed by atoms with Gasteiger partial charge in [-0.1, -0.05) is 18.1 Å². The highest BCUT2D eigenvalue weighted by Crippen LogP contribution is 2.45. The van der Waals surface area contributed by atoms with Crippen molar-refractivity contribution in [3.63, 3.8) is 0 Å². The first-order valence-corrected chi connectivity index (χ1v) is 5.94. The number of hydrogen-bond donors (Lipinski definition) is 0. The molecule has 1 saturated carbocycles. The van der Waals surface area contributed by atoms with Crippen molar-refractivity contribution < 1.29 is 0 Å². The molecular weight excluding hydrogens is 170 g/mol. The van der Waals surface area contributed by atoms with Gasteiger partial charge in [0.05, 0.1) is 11.5 Å². The van der Waals surface area contributed by atoms with Crippen molar-refractivity contribution in [2.75, 3.05) is 0 Å². The molecule has 2 aliphatic rings. The zero-order chi connectivity index (χ0) is 9.86. The Morgan fingerprint density at radius 1 is 1.29 bits per heavy atom. The van der Waals surface area contributed by atoms with Gasteiger partial charge in [-0.05, 0) is 51.4 Å². The molecule has 0 radical (unpaired) electrons. The molecule has 0 aliphatic heterocycles. The van der Waals surface area contributed by atoms with Crippen molar-refractivity contribution in [2.45, 2.75) is 57.8 Å². The van der Waals surface area contributed by atoms with E-state index in [1.165, 1.54) is 38.5 Å². The van der Waals surface area contributed by atoms with E-state index >= 15 is 0 Å². The van der Waals surface area contributed by atoms with Crippen molar-refractivity contribution in [1.82, 2.24) is 0 Å². The van der Waals surface area contributed by atoms with Gasteiger partial charge in [0.1, 0.15) is 0 Å². The van der Waals surface area contributed by atoms with Crippen molar-refractivity contribution in [3.8, 4) is 6.07 Å². The lowest BCUT2D eigenvalue weighted by Crippen LogP contribution is -2.27. The summed E-state index contributed by atoms with van der Waals surface area (Å²) in [6.07, 6.45) is 13.6. The quantitative estimate of drug-likeness (QED) is 0.616. The first kappa shape index (κ1) is 9.77. The molecule has 0 saturated heterocycles. The monoisotopic (exact) mass is 189 g/mol. The fraction of sp³-hybridized carbons (Fsp3) is 0.769. The van der Waals surface area contributed by atoms with Crippen LogP contribution in [0.15, 0.2) is 11.6 Å². The van der Waals surface area contributed by atoms with Gasteiger partial charge in [-0.15, -0.1) is 0 Å². The van der Waals surface area contributed by atoms with Gasteiger partial charge in [0.15, 0.2) is 0 Å². The second kappa shape index (κ2) is 4.17. The van der Waals surface area contributed by atoms with Crippen molar-refractivity contribution in [1.29, 1.82) is 5.26 Å². The van der Waals surface area contributed by atoms with Crippen LogP contribution in [0.25, 0.3) is 0 Å². The van der Waals surface area contributed by atoms with Crippen LogP contribution in [-0.4, -0.2) is 0 Å². The summed E-state index contributed by atoms with van der Waals surface area (Å²) >= 11 is 0. The first-order chi connectivity index (χ1) is 6.85. The van der Waals surface area contributed by atoms with Gasteiger partial charge in [0, 0.05) is 0 Å². The van der Waals surface area contributed by atoms with Crippen molar-refractivity contribution >= 4 is 0 Å². The summed E-state index contributed by atoms with van der Waals surface area (Å²) in [6, 6.07) is 2.53. The number of allylic oxidation sites excluding steroid dienone is 2. The second-order valence-corrected chi connectivity index (χ2v) is 4.85. The molecule has 0 aromatic heterocycles. The molecule has 0 atom stereocenters. The minimum atomic E-state index is 0.0816. The molecule has 0 aromatic carbocycles. The fourth-order valence-electron chi connectivity index (χ4n) is 2.55. The van der Waals surface area contributed by atoms with Gasteiger partial charge in [0.25, 0.3) is 0 Å². The van der Waals surface area contributed by atoms with E-state index in [4.69, 9.17) is 5.26 Å². The number of rotatable bonds is 3. The zero-order valence-electron chi connectivity index (χ0n) is 8.89. The summed E-state index contributed by atoms with van der Waals surface area (Å²) in [5.41, 5.74) is 1.70. The highest BCUT2D eigenvalue weighted by Gasteiger charge is 2.36. The van der Waals surface area contributed by atoms with E-state index in [1.807, 2.05) is 0 Å². The summed E-state index contributed by atoms with van der Waals surface area (Å²) in [6.45, 7) is 0. The third-order valence-electron chi connectivity index (χ3n) is 3.86. The molecule has 0 unspecified atom stereocenters. The van der Waals surface area contributed by atoms with Crippen LogP contribution in [-0.2, 0) is 0 Å². The number of nitrogens with zero attached hydrogens (tertiary/aromatic N) is 1. The smallest absolute Gasteiger partial charge is 0.0689 e. The molecule has 0 bridgehead atoms. The summed E-state index contributed by atoms with van der Waals surface area (Å²) in [4.78, 5) is 0. The molecule has 0 N–H and O–H groups in total. The maximum absolute atomic E-state index is 9.10. The van der Waals surface area contributed by atoms with Crippen LogP contribution < -0.4 is 0 Å². The van der Waals surface area contributed by atoms with E-state index in [1.54, 1.807) is 5.57 Å². The second-order valence-electron chi connectivity index (χ2n) is 4.85. The van der Waals surface area contributed by atoms with Crippen molar-refractivity contribution in [2.24, 2.45) is 5.41 Å². The maximum Gasteiger partial charge on any atom is 0.0689 e. The molecule has 1 nitrogen and oxygen atoms in total. The van der Waals surface area contributed by atoms with Crippen LogP contribution in [0.5, 0.6) is 0 Å². The SMILES string of the molecule is N#CC1(CCC2=CCCCC2)CCC1. The van der Waals surface area contributed by atoms with E-state index in [-0.39, 0.29) is 5.41 Å². The molecule has 76 valence electrons. The van der Waals surface area contributed by atoms with Crippen LogP contribution in [0.2, 0.25) is 0 Å². The highest BCUT2D eigenvalue weighted by molar-refractivity contribution is 5.10. The molecule has 0 heterocycles. The minimum Gasteiger partial charge on any atom is -0.198 e. The molecule has 0 spiro atoms. The summed E-state index contributed by atoms with van der Waals surface area (Å²) in [5, 5.41) is 9.10. The van der Waals surface area contributed by atoms with Gasteiger partial charge in [-0.3, -0.25) is 0 Å². The van der Waals surface area contributed by atoms with Gasteiger partial charge >= 0.3 is 0 Å². The van der Waals surface area contributed by atoms with Crippen LogP contribution in [0, 0.1) is 16.7 Å². The van der Waals surface area contributed by atoms with E-state index in [9.17, 15) is 0 Å². The molecule has 2 aliphatic carbocycles. The van der Waals surface area contributed by atoms with E-state index in [0.717, 1.165) is 19.3 Å². The lowest BCUT2D eigenvalue weighted by molar-refractivity contribution is 0.197. The average molecular weight is 189 g/mol. The van der Waals surface area contributed by atoms with E-state index in [2.05, 4.69) is 12.1 Å². The van der Waals surface area contributed by atoms with Crippen LogP contribution in [0.4, 0.5) is 0 Å². The number of nitriles is 1. The Kier molecular flexibility index (Phi) is 2.91. The predicted molar refractivity (Wildman–Crippen MR) is 57.7 cm³/mol. The maximum atomic E-state index is 9.10. The van der Waals surface area contributed by atoms with Crippen LogP contribution in [0.3, 0.4) is 0 Å². The van der Waals surface area contributed by atoms with Crippen LogP contribution in [0.1, 0.15) is 57.8 Å². The molecule has 0 amide bonds. The fourth-order valence-corrected chi connectivity index (χ4v) is 2.55. The number of hydrogen-bond acceptors (Lipinski definition) is 1. The van der Waals surface area contributed by atoms with Gasteiger partial charge in [0.2, 0.25) is 0 Å². The topological polar surface area (TPSA) is 23.8 Å². The minimum absolute atomic E-state index is 0.0816. The van der Waals surface area contributed by atoms with Gasteiger partial charge in [-0.2, -0.15) is 5.26 Å². The Bertz CT molecular complexity index is 265. The van der Waals surface area contributed by atoms with Gasteiger partial charge in [-0.25, -0.2) is 0 Å². The van der Waals surface area contributed by atoms with Crippen molar-refractivity contribution in [3.05, 3.63) is 11.6 Å².